The number of methoxy groups -OCH3 is 1. The van der Waals surface area contributed by atoms with Gasteiger partial charge in [-0.2, -0.15) is 0 Å². The first-order valence-electron chi connectivity index (χ1n) is 6.26. The van der Waals surface area contributed by atoms with Gasteiger partial charge in [0.1, 0.15) is 5.82 Å². The van der Waals surface area contributed by atoms with E-state index in [1.54, 1.807) is 18.3 Å². The minimum absolute atomic E-state index is 0.0870. The Bertz CT molecular complexity index is 720. The summed E-state index contributed by atoms with van der Waals surface area (Å²) >= 11 is 0. The number of benzene rings is 2. The number of nitrogens with one attached hydrogen (secondary N) is 1. The fourth-order valence-corrected chi connectivity index (χ4v) is 2.10. The Kier molecular flexibility index (Phi) is 3.13. The van der Waals surface area contributed by atoms with Gasteiger partial charge < -0.3 is 14.8 Å². The summed E-state index contributed by atoms with van der Waals surface area (Å²) in [6.07, 6.45) is 1.75. The van der Waals surface area contributed by atoms with Crippen molar-refractivity contribution < 1.29 is 9.84 Å². The maximum absolute atomic E-state index is 10.1. The molecule has 0 aliphatic heterocycles. The maximum atomic E-state index is 10.1. The molecule has 4 heteroatoms. The van der Waals surface area contributed by atoms with Crippen LogP contribution in [0.2, 0.25) is 0 Å². The summed E-state index contributed by atoms with van der Waals surface area (Å²) in [5, 5.41) is 10.1. The molecule has 1 heterocycles. The highest BCUT2D eigenvalue weighted by atomic mass is 16.5. The fraction of sp³-hybridized carbons (Fsp3) is 0.0625. The van der Waals surface area contributed by atoms with Crippen molar-refractivity contribution in [2.75, 3.05) is 7.11 Å². The summed E-state index contributed by atoms with van der Waals surface area (Å²) in [5.41, 5.74) is 2.57. The molecule has 2 N–H and O–H groups in total. The summed E-state index contributed by atoms with van der Waals surface area (Å²) in [6.45, 7) is 0. The lowest BCUT2D eigenvalue weighted by Crippen LogP contribution is -1.87. The minimum atomic E-state index is 0.0870. The molecule has 0 bridgehead atoms. The highest BCUT2D eigenvalue weighted by molar-refractivity contribution is 5.71. The molecule has 0 aliphatic carbocycles. The van der Waals surface area contributed by atoms with Crippen molar-refractivity contribution in [1.82, 2.24) is 9.97 Å². The molecule has 0 spiro atoms. The number of aromatic amines is 1. The second-order valence-corrected chi connectivity index (χ2v) is 4.37. The average Bonchev–Trinajstić information content (AvgIpc) is 2.98. The van der Waals surface area contributed by atoms with Gasteiger partial charge in [-0.25, -0.2) is 4.98 Å². The van der Waals surface area contributed by atoms with E-state index in [1.807, 2.05) is 36.4 Å². The van der Waals surface area contributed by atoms with E-state index in [0.717, 1.165) is 11.3 Å². The van der Waals surface area contributed by atoms with Gasteiger partial charge in [0, 0.05) is 0 Å². The Balaban J connectivity index is 2.03. The lowest BCUT2D eigenvalue weighted by atomic mass is 10.1. The first-order chi connectivity index (χ1) is 9.79. The first-order valence-corrected chi connectivity index (χ1v) is 6.26. The monoisotopic (exact) mass is 266 g/mol. The van der Waals surface area contributed by atoms with E-state index in [9.17, 15) is 5.11 Å². The number of hydrogen-bond acceptors (Lipinski definition) is 3. The van der Waals surface area contributed by atoms with Gasteiger partial charge in [-0.15, -0.1) is 0 Å². The predicted molar refractivity (Wildman–Crippen MR) is 77.7 cm³/mol. The summed E-state index contributed by atoms with van der Waals surface area (Å²) in [7, 11) is 1.52. The molecule has 0 amide bonds. The molecule has 3 aromatic rings. The molecule has 0 saturated carbocycles. The summed E-state index contributed by atoms with van der Waals surface area (Å²) in [6, 6.07) is 15.2. The molecule has 0 fully saturated rings. The van der Waals surface area contributed by atoms with Gasteiger partial charge in [0.05, 0.1) is 24.6 Å². The normalized spacial score (nSPS) is 10.4. The van der Waals surface area contributed by atoms with Crippen LogP contribution in [-0.4, -0.2) is 22.2 Å². The molecule has 1 aromatic heterocycles. The van der Waals surface area contributed by atoms with E-state index in [-0.39, 0.29) is 5.75 Å². The van der Waals surface area contributed by atoms with Crippen LogP contribution >= 0.6 is 0 Å². The predicted octanol–water partition coefficient (Wildman–Crippen LogP) is 3.46. The van der Waals surface area contributed by atoms with E-state index < -0.39 is 0 Å². The smallest absolute Gasteiger partial charge is 0.168 e. The largest absolute Gasteiger partial charge is 0.504 e. The third-order valence-corrected chi connectivity index (χ3v) is 3.13. The first kappa shape index (κ1) is 12.3. The Hall–Kier alpha value is -2.75. The molecule has 20 heavy (non-hydrogen) atoms. The summed E-state index contributed by atoms with van der Waals surface area (Å²) in [5.74, 6) is 1.13. The number of para-hydroxylation sites is 1. The average molecular weight is 266 g/mol. The van der Waals surface area contributed by atoms with E-state index >= 15 is 0 Å². The van der Waals surface area contributed by atoms with Gasteiger partial charge in [0.2, 0.25) is 0 Å². The zero-order valence-corrected chi connectivity index (χ0v) is 11.0. The lowest BCUT2D eigenvalue weighted by molar-refractivity contribution is 0.374. The second-order valence-electron chi connectivity index (χ2n) is 4.37. The molecule has 2 aromatic carbocycles. The molecule has 0 saturated heterocycles. The third kappa shape index (κ3) is 2.12. The number of nitrogens with zero attached hydrogens (tertiary/aromatic N) is 1. The number of H-pyrrole nitrogens is 1. The van der Waals surface area contributed by atoms with Crippen LogP contribution in [0.3, 0.4) is 0 Å². The Morgan fingerprint density at radius 3 is 2.60 bits per heavy atom. The van der Waals surface area contributed by atoms with Gasteiger partial charge in [-0.1, -0.05) is 36.4 Å². The standard InChI is InChI=1S/C16H14N2O2/c1-20-14-9-5-8-12(15(14)19)16-17-10-13(18-16)11-6-3-2-4-7-11/h2-10,19H,1H3,(H,17,18). The third-order valence-electron chi connectivity index (χ3n) is 3.13. The highest BCUT2D eigenvalue weighted by Crippen LogP contribution is 2.35. The van der Waals surface area contributed by atoms with Gasteiger partial charge in [-0.05, 0) is 17.7 Å². The number of hydrogen-bond donors (Lipinski definition) is 2. The van der Waals surface area contributed by atoms with Crippen molar-refractivity contribution in [3.63, 3.8) is 0 Å². The Morgan fingerprint density at radius 2 is 1.85 bits per heavy atom. The molecule has 4 nitrogen and oxygen atoms in total. The minimum Gasteiger partial charge on any atom is -0.504 e. The van der Waals surface area contributed by atoms with E-state index in [1.165, 1.54) is 7.11 Å². The van der Waals surface area contributed by atoms with Crippen molar-refractivity contribution in [2.45, 2.75) is 0 Å². The molecule has 0 radical (unpaired) electrons. The number of aromatic hydroxyl groups is 1. The van der Waals surface area contributed by atoms with Gasteiger partial charge in [0.15, 0.2) is 11.5 Å². The van der Waals surface area contributed by atoms with Crippen LogP contribution in [0.1, 0.15) is 0 Å². The van der Waals surface area contributed by atoms with Crippen LogP contribution in [-0.2, 0) is 0 Å². The SMILES string of the molecule is COc1cccc(-c2ncc(-c3ccccc3)[nH]2)c1O. The van der Waals surface area contributed by atoms with Crippen LogP contribution in [0.15, 0.2) is 54.7 Å². The van der Waals surface area contributed by atoms with Crippen molar-refractivity contribution in [3.05, 3.63) is 54.7 Å². The molecule has 0 atom stereocenters. The van der Waals surface area contributed by atoms with Crippen LogP contribution in [0, 0.1) is 0 Å². The second kappa shape index (κ2) is 5.09. The van der Waals surface area contributed by atoms with E-state index in [4.69, 9.17) is 4.74 Å². The topological polar surface area (TPSA) is 58.1 Å². The number of aromatic nitrogens is 2. The molecule has 100 valence electrons. The summed E-state index contributed by atoms with van der Waals surface area (Å²) in [4.78, 5) is 7.54. The summed E-state index contributed by atoms with van der Waals surface area (Å²) < 4.78 is 5.11. The Labute approximate surface area is 116 Å². The van der Waals surface area contributed by atoms with Crippen LogP contribution in [0.4, 0.5) is 0 Å². The molecular formula is C16H14N2O2. The molecule has 0 unspecified atom stereocenters. The number of imidazole rings is 1. The van der Waals surface area contributed by atoms with Crippen LogP contribution in [0.25, 0.3) is 22.6 Å². The van der Waals surface area contributed by atoms with Crippen LogP contribution in [0.5, 0.6) is 11.5 Å². The van der Waals surface area contributed by atoms with E-state index in [2.05, 4.69) is 9.97 Å². The fourth-order valence-electron chi connectivity index (χ4n) is 2.10. The number of ether oxygens (including phenoxy) is 1. The number of rotatable bonds is 3. The van der Waals surface area contributed by atoms with Gasteiger partial charge >= 0.3 is 0 Å². The Morgan fingerprint density at radius 1 is 1.05 bits per heavy atom. The molecular weight excluding hydrogens is 252 g/mol. The lowest BCUT2D eigenvalue weighted by Gasteiger charge is -2.06. The van der Waals surface area contributed by atoms with Gasteiger partial charge in [0.25, 0.3) is 0 Å². The highest BCUT2D eigenvalue weighted by Gasteiger charge is 2.12. The zero-order valence-electron chi connectivity index (χ0n) is 11.0. The molecule has 3 rings (SSSR count). The van der Waals surface area contributed by atoms with E-state index in [0.29, 0.717) is 17.1 Å². The van der Waals surface area contributed by atoms with Crippen molar-refractivity contribution in [2.24, 2.45) is 0 Å². The number of phenolic OH excluding ortho intramolecular Hbond substituents is 1. The van der Waals surface area contributed by atoms with Crippen molar-refractivity contribution >= 4 is 0 Å². The van der Waals surface area contributed by atoms with Crippen LogP contribution < -0.4 is 4.74 Å². The number of phenols is 1. The van der Waals surface area contributed by atoms with Crippen molar-refractivity contribution in [1.29, 1.82) is 0 Å². The van der Waals surface area contributed by atoms with Gasteiger partial charge in [-0.3, -0.25) is 0 Å². The maximum Gasteiger partial charge on any atom is 0.168 e. The molecule has 0 aliphatic rings. The zero-order chi connectivity index (χ0) is 13.9. The quantitative estimate of drug-likeness (QED) is 0.763. The van der Waals surface area contributed by atoms with Crippen molar-refractivity contribution in [3.8, 4) is 34.1 Å².